The van der Waals surface area contributed by atoms with Crippen LogP contribution in [-0.2, 0) is 6.42 Å². The van der Waals surface area contributed by atoms with E-state index in [-0.39, 0.29) is 5.78 Å². The van der Waals surface area contributed by atoms with Crippen LogP contribution in [0.3, 0.4) is 0 Å². The zero-order chi connectivity index (χ0) is 15.0. The van der Waals surface area contributed by atoms with Crippen LogP contribution in [0.4, 0.5) is 0 Å². The van der Waals surface area contributed by atoms with Gasteiger partial charge < -0.3 is 0 Å². The van der Waals surface area contributed by atoms with Crippen LogP contribution in [0.25, 0.3) is 0 Å². The van der Waals surface area contributed by atoms with Crippen molar-refractivity contribution in [3.05, 3.63) is 69.2 Å². The Kier molecular flexibility index (Phi) is 3.64. The second kappa shape index (κ2) is 5.45. The van der Waals surface area contributed by atoms with E-state index in [1.165, 1.54) is 5.56 Å². The summed E-state index contributed by atoms with van der Waals surface area (Å²) in [7, 11) is 1.77. The number of nitrogens with zero attached hydrogens (tertiary/aromatic N) is 1. The number of carbonyl (C=O) groups excluding carboxylic acids is 1. The predicted molar refractivity (Wildman–Crippen MR) is 86.9 cm³/mol. The van der Waals surface area contributed by atoms with Crippen molar-refractivity contribution >= 4 is 23.1 Å². The Balaban J connectivity index is 2.35. The molecule has 0 saturated heterocycles. The van der Waals surface area contributed by atoms with E-state index in [0.717, 1.165) is 29.7 Å². The highest BCUT2D eigenvalue weighted by atomic mass is 35.5. The van der Waals surface area contributed by atoms with Crippen molar-refractivity contribution in [3.63, 3.8) is 0 Å². The maximum Gasteiger partial charge on any atom is 0.195 e. The molecular weight excluding hydrogens is 282 g/mol. The molecular formula is C18H16ClNO. The summed E-state index contributed by atoms with van der Waals surface area (Å²) in [5.41, 5.74) is 5.14. The van der Waals surface area contributed by atoms with Gasteiger partial charge in [0.2, 0.25) is 0 Å². The third kappa shape index (κ3) is 2.11. The molecule has 0 heterocycles. The number of hydrogen-bond donors (Lipinski definition) is 0. The Morgan fingerprint density at radius 3 is 2.48 bits per heavy atom. The third-order valence-corrected chi connectivity index (χ3v) is 4.19. The van der Waals surface area contributed by atoms with Gasteiger partial charge in [0.05, 0.1) is 16.3 Å². The van der Waals surface area contributed by atoms with Gasteiger partial charge in [-0.2, -0.15) is 0 Å². The average Bonchev–Trinajstić information content (AvgIpc) is 2.49. The number of benzene rings is 2. The fourth-order valence-electron chi connectivity index (χ4n) is 3.00. The normalized spacial score (nSPS) is 15.0. The number of rotatable bonds is 2. The van der Waals surface area contributed by atoms with Crippen LogP contribution < -0.4 is 0 Å². The summed E-state index contributed by atoms with van der Waals surface area (Å²) in [6.07, 6.45) is 1.97. The smallest absolute Gasteiger partial charge is 0.195 e. The predicted octanol–water partition coefficient (Wildman–Crippen LogP) is 4.30. The van der Waals surface area contributed by atoms with Crippen LogP contribution in [0.2, 0.25) is 5.02 Å². The van der Waals surface area contributed by atoms with Gasteiger partial charge in [-0.15, -0.1) is 0 Å². The van der Waals surface area contributed by atoms with Crippen molar-refractivity contribution in [3.8, 4) is 0 Å². The van der Waals surface area contributed by atoms with E-state index < -0.39 is 0 Å². The van der Waals surface area contributed by atoms with Gasteiger partial charge in [-0.3, -0.25) is 9.79 Å². The number of carbonyl (C=O) groups is 1. The van der Waals surface area contributed by atoms with Crippen molar-refractivity contribution < 1.29 is 4.79 Å². The maximum absolute atomic E-state index is 12.8. The number of fused-ring (bicyclic) bond motifs is 2. The molecule has 1 aliphatic rings. The monoisotopic (exact) mass is 297 g/mol. The molecule has 0 bridgehead atoms. The lowest BCUT2D eigenvalue weighted by atomic mass is 9.80. The van der Waals surface area contributed by atoms with E-state index in [4.69, 9.17) is 11.6 Å². The minimum Gasteiger partial charge on any atom is -0.289 e. The number of aryl methyl sites for hydroxylation is 1. The minimum atomic E-state index is -0.00375. The Morgan fingerprint density at radius 2 is 1.76 bits per heavy atom. The molecule has 0 N–H and O–H groups in total. The van der Waals surface area contributed by atoms with Gasteiger partial charge in [-0.1, -0.05) is 55.3 Å². The lowest BCUT2D eigenvalue weighted by molar-refractivity contribution is 0.103. The third-order valence-electron chi connectivity index (χ3n) is 3.87. The zero-order valence-corrected chi connectivity index (χ0v) is 12.9. The summed E-state index contributed by atoms with van der Waals surface area (Å²) in [6, 6.07) is 11.4. The number of hydrogen-bond acceptors (Lipinski definition) is 2. The molecule has 0 amide bonds. The first kappa shape index (κ1) is 14.0. The molecule has 1 aliphatic carbocycles. The van der Waals surface area contributed by atoms with Crippen molar-refractivity contribution in [1.29, 1.82) is 0 Å². The highest BCUT2D eigenvalue weighted by Gasteiger charge is 2.30. The van der Waals surface area contributed by atoms with Gasteiger partial charge in [-0.25, -0.2) is 0 Å². The van der Waals surface area contributed by atoms with Crippen LogP contribution >= 0.6 is 11.6 Å². The van der Waals surface area contributed by atoms with Gasteiger partial charge >= 0.3 is 0 Å². The average molecular weight is 298 g/mol. The molecule has 0 fully saturated rings. The summed E-state index contributed by atoms with van der Waals surface area (Å²) in [5.74, 6) is -0.00375. The molecule has 3 heteroatoms. The number of halogens is 1. The van der Waals surface area contributed by atoms with Crippen molar-refractivity contribution in [2.45, 2.75) is 19.8 Å². The Bertz CT molecular complexity index is 762. The quantitative estimate of drug-likeness (QED) is 0.693. The summed E-state index contributed by atoms with van der Waals surface area (Å²) < 4.78 is 0. The second-order valence-electron chi connectivity index (χ2n) is 5.15. The Labute approximate surface area is 129 Å². The van der Waals surface area contributed by atoms with Gasteiger partial charge in [0, 0.05) is 23.7 Å². The lowest BCUT2D eigenvalue weighted by Gasteiger charge is -2.23. The first-order valence-electron chi connectivity index (χ1n) is 7.11. The summed E-state index contributed by atoms with van der Waals surface area (Å²) in [5, 5.41) is 0.491. The molecule has 0 spiro atoms. The van der Waals surface area contributed by atoms with E-state index in [9.17, 15) is 4.79 Å². The first-order chi connectivity index (χ1) is 10.2. The molecule has 0 saturated carbocycles. The van der Waals surface area contributed by atoms with Crippen LogP contribution in [-0.4, -0.2) is 18.5 Å². The molecule has 3 rings (SSSR count). The van der Waals surface area contributed by atoms with Gasteiger partial charge in [0.1, 0.15) is 0 Å². The number of ketones is 1. The lowest BCUT2D eigenvalue weighted by Crippen LogP contribution is -2.23. The largest absolute Gasteiger partial charge is 0.289 e. The zero-order valence-electron chi connectivity index (χ0n) is 12.1. The van der Waals surface area contributed by atoms with Gasteiger partial charge in [0.15, 0.2) is 5.78 Å². The van der Waals surface area contributed by atoms with Crippen LogP contribution in [0, 0.1) is 0 Å². The molecule has 2 aromatic carbocycles. The maximum atomic E-state index is 12.8. The standard InChI is InChI=1S/C18H16ClNO/c1-3-6-11-7-4-9-13-15(11)17(20-2)12-8-5-10-14(19)16(12)18(13)21/h4-5,7-10H,3,6H2,1-2H3. The minimum absolute atomic E-state index is 0.00375. The summed E-state index contributed by atoms with van der Waals surface area (Å²) in [4.78, 5) is 17.3. The van der Waals surface area contributed by atoms with Crippen molar-refractivity contribution in [1.82, 2.24) is 0 Å². The van der Waals surface area contributed by atoms with E-state index in [1.54, 1.807) is 13.1 Å². The highest BCUT2D eigenvalue weighted by Crippen LogP contribution is 2.34. The van der Waals surface area contributed by atoms with Crippen molar-refractivity contribution in [2.24, 2.45) is 4.99 Å². The molecule has 2 aromatic rings. The fraction of sp³-hybridized carbons (Fsp3) is 0.222. The van der Waals surface area contributed by atoms with Crippen LogP contribution in [0.1, 0.15) is 46.0 Å². The van der Waals surface area contributed by atoms with E-state index in [0.29, 0.717) is 16.1 Å². The van der Waals surface area contributed by atoms with Gasteiger partial charge in [0.25, 0.3) is 0 Å². The molecule has 0 aromatic heterocycles. The highest BCUT2D eigenvalue weighted by molar-refractivity contribution is 6.39. The van der Waals surface area contributed by atoms with Crippen LogP contribution in [0.15, 0.2) is 41.4 Å². The molecule has 106 valence electrons. The summed E-state index contributed by atoms with van der Waals surface area (Å²) >= 11 is 6.25. The van der Waals surface area contributed by atoms with Gasteiger partial charge in [-0.05, 0) is 18.1 Å². The summed E-state index contributed by atoms with van der Waals surface area (Å²) in [6.45, 7) is 2.14. The van der Waals surface area contributed by atoms with E-state index in [2.05, 4.69) is 18.0 Å². The van der Waals surface area contributed by atoms with Crippen molar-refractivity contribution in [2.75, 3.05) is 7.05 Å². The fourth-order valence-corrected chi connectivity index (χ4v) is 3.26. The SMILES string of the molecule is CCCc1cccc2c1C(=NC)c1cccc(Cl)c1C2=O. The van der Waals surface area contributed by atoms with E-state index >= 15 is 0 Å². The topological polar surface area (TPSA) is 29.4 Å². The van der Waals surface area contributed by atoms with E-state index in [1.807, 2.05) is 24.3 Å². The first-order valence-corrected chi connectivity index (χ1v) is 7.49. The Hall–Kier alpha value is -1.93. The molecule has 0 atom stereocenters. The molecule has 0 unspecified atom stereocenters. The number of aliphatic imine (C=N–C) groups is 1. The molecule has 2 nitrogen and oxygen atoms in total. The van der Waals surface area contributed by atoms with Crippen LogP contribution in [0.5, 0.6) is 0 Å². The Morgan fingerprint density at radius 1 is 1.05 bits per heavy atom. The molecule has 0 radical (unpaired) electrons. The molecule has 0 aliphatic heterocycles. The molecule has 21 heavy (non-hydrogen) atoms. The second-order valence-corrected chi connectivity index (χ2v) is 5.56.